The maximum Gasteiger partial charge on any atom is 0.264 e. The van der Waals surface area contributed by atoms with E-state index >= 15 is 0 Å². The van der Waals surface area contributed by atoms with Crippen molar-refractivity contribution in [2.24, 2.45) is 0 Å². The fraction of sp³-hybridized carbons (Fsp3) is 0.174. The normalized spacial score (nSPS) is 11.1. The fourth-order valence-corrected chi connectivity index (χ4v) is 4.29. The number of aryl methyl sites for hydroxylation is 2. The number of benzene rings is 3. The first kappa shape index (κ1) is 21.4. The summed E-state index contributed by atoms with van der Waals surface area (Å²) in [6, 6.07) is 18.7. The molecule has 0 saturated carbocycles. The first-order chi connectivity index (χ1) is 14.2. The van der Waals surface area contributed by atoms with E-state index in [0.717, 1.165) is 5.56 Å². The Bertz CT molecular complexity index is 1150. The van der Waals surface area contributed by atoms with E-state index in [1.54, 1.807) is 37.3 Å². The fourth-order valence-electron chi connectivity index (χ4n) is 3.03. The number of carbonyl (C=O) groups is 1. The van der Waals surface area contributed by atoms with Crippen LogP contribution in [-0.2, 0) is 10.0 Å². The lowest BCUT2D eigenvalue weighted by molar-refractivity contribution is 0.102. The molecular weight excluding hydrogens is 400 g/mol. The van der Waals surface area contributed by atoms with Gasteiger partial charge in [-0.25, -0.2) is 8.42 Å². The van der Waals surface area contributed by atoms with Gasteiger partial charge in [-0.05, 0) is 74.0 Å². The summed E-state index contributed by atoms with van der Waals surface area (Å²) in [6.07, 6.45) is 0. The monoisotopic (exact) mass is 424 g/mol. The van der Waals surface area contributed by atoms with Gasteiger partial charge in [-0.3, -0.25) is 9.10 Å². The molecule has 0 radical (unpaired) electrons. The Morgan fingerprint density at radius 2 is 1.57 bits per heavy atom. The SMILES string of the molecule is COc1ccc(S(=O)(=O)N(C)c2ccc(C(=O)Nc3ccc(C)cc3)cc2C)cc1. The second-order valence-corrected chi connectivity index (χ2v) is 8.94. The molecule has 7 heteroatoms. The van der Waals surface area contributed by atoms with Crippen LogP contribution in [0.4, 0.5) is 11.4 Å². The summed E-state index contributed by atoms with van der Waals surface area (Å²) in [4.78, 5) is 12.7. The third-order valence-electron chi connectivity index (χ3n) is 4.83. The van der Waals surface area contributed by atoms with Gasteiger partial charge in [-0.15, -0.1) is 0 Å². The van der Waals surface area contributed by atoms with Gasteiger partial charge in [0.25, 0.3) is 15.9 Å². The minimum atomic E-state index is -3.75. The Balaban J connectivity index is 1.82. The number of carbonyl (C=O) groups excluding carboxylic acids is 1. The molecule has 0 spiro atoms. The van der Waals surface area contributed by atoms with Gasteiger partial charge in [0.1, 0.15) is 5.75 Å². The van der Waals surface area contributed by atoms with Crippen LogP contribution in [0.5, 0.6) is 5.75 Å². The van der Waals surface area contributed by atoms with Crippen molar-refractivity contribution < 1.29 is 17.9 Å². The van der Waals surface area contributed by atoms with Crippen LogP contribution < -0.4 is 14.4 Å². The van der Waals surface area contributed by atoms with Crippen molar-refractivity contribution in [1.82, 2.24) is 0 Å². The third-order valence-corrected chi connectivity index (χ3v) is 6.61. The zero-order valence-electron chi connectivity index (χ0n) is 17.3. The quantitative estimate of drug-likeness (QED) is 0.637. The molecular formula is C23H24N2O4S. The highest BCUT2D eigenvalue weighted by Gasteiger charge is 2.23. The number of nitrogens with one attached hydrogen (secondary N) is 1. The molecule has 3 aromatic rings. The van der Waals surface area contributed by atoms with E-state index in [-0.39, 0.29) is 10.8 Å². The number of hydrogen-bond donors (Lipinski definition) is 1. The van der Waals surface area contributed by atoms with Crippen LogP contribution in [0.2, 0.25) is 0 Å². The second kappa shape index (κ2) is 8.59. The molecule has 0 aliphatic heterocycles. The van der Waals surface area contributed by atoms with E-state index in [1.165, 1.54) is 30.6 Å². The molecule has 0 fully saturated rings. The van der Waals surface area contributed by atoms with Gasteiger partial charge in [-0.2, -0.15) is 0 Å². The van der Waals surface area contributed by atoms with Gasteiger partial charge in [0, 0.05) is 18.3 Å². The molecule has 0 unspecified atom stereocenters. The van der Waals surface area contributed by atoms with Gasteiger partial charge >= 0.3 is 0 Å². The van der Waals surface area contributed by atoms with Gasteiger partial charge in [0.2, 0.25) is 0 Å². The minimum Gasteiger partial charge on any atom is -0.497 e. The number of anilines is 2. The van der Waals surface area contributed by atoms with E-state index < -0.39 is 10.0 Å². The lowest BCUT2D eigenvalue weighted by atomic mass is 10.1. The van der Waals surface area contributed by atoms with Crippen molar-refractivity contribution in [3.8, 4) is 5.75 Å². The summed E-state index contributed by atoms with van der Waals surface area (Å²) in [6.45, 7) is 3.75. The Morgan fingerprint density at radius 1 is 0.933 bits per heavy atom. The van der Waals surface area contributed by atoms with Crippen LogP contribution in [0, 0.1) is 13.8 Å². The lowest BCUT2D eigenvalue weighted by Crippen LogP contribution is -2.27. The van der Waals surface area contributed by atoms with E-state index in [1.807, 2.05) is 31.2 Å². The summed E-state index contributed by atoms with van der Waals surface area (Å²) in [5.74, 6) is 0.325. The van der Waals surface area contributed by atoms with Gasteiger partial charge in [-0.1, -0.05) is 17.7 Å². The molecule has 6 nitrogen and oxygen atoms in total. The van der Waals surface area contributed by atoms with E-state index in [9.17, 15) is 13.2 Å². The molecule has 3 rings (SSSR count). The Labute approximate surface area is 177 Å². The van der Waals surface area contributed by atoms with Crippen molar-refractivity contribution in [2.75, 3.05) is 23.8 Å². The zero-order chi connectivity index (χ0) is 21.9. The lowest BCUT2D eigenvalue weighted by Gasteiger charge is -2.22. The first-order valence-electron chi connectivity index (χ1n) is 9.34. The highest BCUT2D eigenvalue weighted by atomic mass is 32.2. The summed E-state index contributed by atoms with van der Waals surface area (Å²) >= 11 is 0. The molecule has 156 valence electrons. The Morgan fingerprint density at radius 3 is 2.13 bits per heavy atom. The number of nitrogens with zero attached hydrogens (tertiary/aromatic N) is 1. The number of amides is 1. The third kappa shape index (κ3) is 4.46. The van der Waals surface area contributed by atoms with Crippen LogP contribution in [0.1, 0.15) is 21.5 Å². The predicted molar refractivity (Wildman–Crippen MR) is 119 cm³/mol. The van der Waals surface area contributed by atoms with Gasteiger partial charge < -0.3 is 10.1 Å². The Hall–Kier alpha value is -3.32. The van der Waals surface area contributed by atoms with Crippen LogP contribution >= 0.6 is 0 Å². The maximum atomic E-state index is 13.0. The second-order valence-electron chi connectivity index (χ2n) is 6.97. The highest BCUT2D eigenvalue weighted by molar-refractivity contribution is 7.92. The smallest absolute Gasteiger partial charge is 0.264 e. The van der Waals surface area contributed by atoms with Crippen LogP contribution in [0.15, 0.2) is 71.6 Å². The summed E-state index contributed by atoms with van der Waals surface area (Å²) in [5.41, 5.74) is 3.43. The molecule has 3 aromatic carbocycles. The number of methoxy groups -OCH3 is 1. The van der Waals surface area contributed by atoms with Crippen molar-refractivity contribution >= 4 is 27.3 Å². The first-order valence-corrected chi connectivity index (χ1v) is 10.8. The minimum absolute atomic E-state index is 0.159. The molecule has 0 aliphatic carbocycles. The molecule has 30 heavy (non-hydrogen) atoms. The summed E-state index contributed by atoms with van der Waals surface area (Å²) < 4.78 is 32.3. The molecule has 0 atom stereocenters. The standard InChI is InChI=1S/C23H24N2O4S/c1-16-5-8-19(9-6-16)24-23(26)18-7-14-22(17(2)15-18)25(3)30(27,28)21-12-10-20(29-4)11-13-21/h5-15H,1-4H3,(H,24,26). The summed E-state index contributed by atoms with van der Waals surface area (Å²) in [5, 5.41) is 2.85. The molecule has 0 aliphatic rings. The molecule has 0 bridgehead atoms. The molecule has 1 amide bonds. The van der Waals surface area contributed by atoms with Crippen molar-refractivity contribution in [1.29, 1.82) is 0 Å². The van der Waals surface area contributed by atoms with Crippen LogP contribution in [0.25, 0.3) is 0 Å². The predicted octanol–water partition coefficient (Wildman–Crippen LogP) is 4.39. The Kier molecular flexibility index (Phi) is 6.12. The summed E-state index contributed by atoms with van der Waals surface area (Å²) in [7, 11) is -0.731. The van der Waals surface area contributed by atoms with E-state index in [0.29, 0.717) is 28.3 Å². The molecule has 1 N–H and O–H groups in total. The van der Waals surface area contributed by atoms with E-state index in [2.05, 4.69) is 5.32 Å². The average Bonchev–Trinajstić information content (AvgIpc) is 2.74. The van der Waals surface area contributed by atoms with Crippen molar-refractivity contribution in [2.45, 2.75) is 18.7 Å². The number of ether oxygens (including phenoxy) is 1. The van der Waals surface area contributed by atoms with Crippen LogP contribution in [-0.4, -0.2) is 28.5 Å². The van der Waals surface area contributed by atoms with Gasteiger partial charge in [0.05, 0.1) is 17.7 Å². The van der Waals surface area contributed by atoms with E-state index in [4.69, 9.17) is 4.74 Å². The number of rotatable bonds is 6. The van der Waals surface area contributed by atoms with Crippen molar-refractivity contribution in [3.63, 3.8) is 0 Å². The number of hydrogen-bond acceptors (Lipinski definition) is 4. The maximum absolute atomic E-state index is 13.0. The molecule has 0 aromatic heterocycles. The van der Waals surface area contributed by atoms with Crippen molar-refractivity contribution in [3.05, 3.63) is 83.4 Å². The largest absolute Gasteiger partial charge is 0.497 e. The van der Waals surface area contributed by atoms with Crippen LogP contribution in [0.3, 0.4) is 0 Å². The molecule has 0 heterocycles. The number of sulfonamides is 1. The average molecular weight is 425 g/mol. The molecule has 0 saturated heterocycles. The zero-order valence-corrected chi connectivity index (χ0v) is 18.2. The van der Waals surface area contributed by atoms with Gasteiger partial charge in [0.15, 0.2) is 0 Å². The highest BCUT2D eigenvalue weighted by Crippen LogP contribution is 2.27. The topological polar surface area (TPSA) is 75.7 Å².